The lowest BCUT2D eigenvalue weighted by Gasteiger charge is -2.27. The van der Waals surface area contributed by atoms with E-state index < -0.39 is 18.0 Å². The van der Waals surface area contributed by atoms with Crippen LogP contribution in [0.4, 0.5) is 24.8 Å². The minimum Gasteiger partial charge on any atom is -0.367 e. The number of halogens is 3. The number of nitrogens with zero attached hydrogens (tertiary/aromatic N) is 4. The zero-order valence-electron chi connectivity index (χ0n) is 19.2. The van der Waals surface area contributed by atoms with Gasteiger partial charge in [0.1, 0.15) is 17.7 Å². The minimum absolute atomic E-state index is 0.0278. The van der Waals surface area contributed by atoms with Gasteiger partial charge in [0.05, 0.1) is 11.6 Å². The molecule has 3 heterocycles. The van der Waals surface area contributed by atoms with Gasteiger partial charge in [-0.2, -0.15) is 18.4 Å². The second-order valence-corrected chi connectivity index (χ2v) is 8.80. The molecule has 1 unspecified atom stereocenters. The smallest absolute Gasteiger partial charge is 0.367 e. The molecule has 1 atom stereocenters. The van der Waals surface area contributed by atoms with Crippen LogP contribution in [0.2, 0.25) is 0 Å². The molecule has 0 saturated carbocycles. The highest BCUT2D eigenvalue weighted by molar-refractivity contribution is 5.85. The van der Waals surface area contributed by atoms with Gasteiger partial charge in [0.25, 0.3) is 0 Å². The number of piperidine rings is 1. The number of carbonyl (C=O) groups is 1. The normalized spacial score (nSPS) is 18.8. The van der Waals surface area contributed by atoms with Gasteiger partial charge in [0.2, 0.25) is 11.7 Å². The molecule has 0 spiro atoms. The molecule has 2 aromatic rings. The predicted octanol–water partition coefficient (Wildman–Crippen LogP) is 2.86. The first kappa shape index (κ1) is 24.7. The zero-order valence-corrected chi connectivity index (χ0v) is 19.2. The number of nitriles is 1. The van der Waals surface area contributed by atoms with Gasteiger partial charge < -0.3 is 20.9 Å². The average molecular weight is 488 g/mol. The van der Waals surface area contributed by atoms with Crippen molar-refractivity contribution in [3.8, 4) is 6.07 Å². The van der Waals surface area contributed by atoms with E-state index in [1.807, 2.05) is 12.1 Å². The van der Waals surface area contributed by atoms with Crippen LogP contribution in [-0.4, -0.2) is 54.1 Å². The van der Waals surface area contributed by atoms with Crippen molar-refractivity contribution in [2.75, 3.05) is 36.4 Å². The van der Waals surface area contributed by atoms with Gasteiger partial charge in [-0.15, -0.1) is 0 Å². The number of anilines is 2. The summed E-state index contributed by atoms with van der Waals surface area (Å²) in [5.74, 6) is -1.22. The summed E-state index contributed by atoms with van der Waals surface area (Å²) in [7, 11) is 0. The van der Waals surface area contributed by atoms with Crippen molar-refractivity contribution < 1.29 is 18.0 Å². The largest absolute Gasteiger partial charge is 0.451 e. The van der Waals surface area contributed by atoms with E-state index >= 15 is 0 Å². The Morgan fingerprint density at radius 2 is 1.91 bits per heavy atom. The zero-order chi connectivity index (χ0) is 24.8. The quantitative estimate of drug-likeness (QED) is 0.552. The summed E-state index contributed by atoms with van der Waals surface area (Å²) in [5, 5.41) is 18.1. The Morgan fingerprint density at radius 3 is 2.60 bits per heavy atom. The Bertz CT molecular complexity index is 1060. The molecule has 2 fully saturated rings. The van der Waals surface area contributed by atoms with Crippen molar-refractivity contribution in [3.05, 3.63) is 47.3 Å². The number of benzene rings is 1. The fourth-order valence-electron chi connectivity index (χ4n) is 4.46. The van der Waals surface area contributed by atoms with Crippen LogP contribution in [0.15, 0.2) is 30.3 Å². The highest BCUT2D eigenvalue weighted by Gasteiger charge is 2.38. The summed E-state index contributed by atoms with van der Waals surface area (Å²) in [5.41, 5.74) is 1.54. The first-order valence-electron chi connectivity index (χ1n) is 11.8. The third-order valence-electron chi connectivity index (χ3n) is 6.30. The molecular formula is C24H28F3N7O. The summed E-state index contributed by atoms with van der Waals surface area (Å²) in [6.07, 6.45) is -1.33. The maximum absolute atomic E-state index is 13.6. The highest BCUT2D eigenvalue weighted by atomic mass is 19.4. The van der Waals surface area contributed by atoms with E-state index in [1.54, 1.807) is 17.0 Å². The topological polar surface area (TPSA) is 106 Å². The molecule has 0 radical (unpaired) electrons. The number of hydrogen-bond acceptors (Lipinski definition) is 7. The number of carbonyl (C=O) groups excluding carboxylic acids is 1. The van der Waals surface area contributed by atoms with Gasteiger partial charge in [0, 0.05) is 25.2 Å². The fraction of sp³-hybridized carbons (Fsp3) is 0.500. The number of nitrogens with one attached hydrogen (secondary N) is 3. The van der Waals surface area contributed by atoms with E-state index in [2.05, 4.69) is 32.0 Å². The van der Waals surface area contributed by atoms with Crippen molar-refractivity contribution in [2.45, 2.75) is 50.4 Å². The summed E-state index contributed by atoms with van der Waals surface area (Å²) in [6.45, 7) is 2.40. The van der Waals surface area contributed by atoms with Crippen molar-refractivity contribution in [1.82, 2.24) is 20.6 Å². The number of aromatic nitrogens is 2. The third kappa shape index (κ3) is 6.39. The monoisotopic (exact) mass is 487 g/mol. The lowest BCUT2D eigenvalue weighted by Crippen LogP contribution is -2.44. The molecule has 4 rings (SSSR count). The van der Waals surface area contributed by atoms with Crippen molar-refractivity contribution in [3.63, 3.8) is 0 Å². The summed E-state index contributed by atoms with van der Waals surface area (Å²) >= 11 is 0. The highest BCUT2D eigenvalue weighted by Crippen LogP contribution is 2.32. The summed E-state index contributed by atoms with van der Waals surface area (Å²) < 4.78 is 40.7. The molecule has 1 aromatic carbocycles. The minimum atomic E-state index is -4.70. The number of amides is 1. The van der Waals surface area contributed by atoms with Crippen molar-refractivity contribution in [2.24, 2.45) is 0 Å². The Balaban J connectivity index is 1.45. The second kappa shape index (κ2) is 10.9. The molecule has 35 heavy (non-hydrogen) atoms. The molecule has 2 saturated heterocycles. The van der Waals surface area contributed by atoms with E-state index in [0.29, 0.717) is 37.9 Å². The molecule has 0 bridgehead atoms. The maximum atomic E-state index is 13.6. The van der Waals surface area contributed by atoms with Crippen LogP contribution in [0.5, 0.6) is 0 Å². The van der Waals surface area contributed by atoms with Gasteiger partial charge in [-0.25, -0.2) is 9.97 Å². The van der Waals surface area contributed by atoms with Crippen molar-refractivity contribution in [1.29, 1.82) is 5.26 Å². The molecule has 3 N–H and O–H groups in total. The van der Waals surface area contributed by atoms with Gasteiger partial charge in [0.15, 0.2) is 0 Å². The van der Waals surface area contributed by atoms with Crippen LogP contribution in [0, 0.1) is 11.3 Å². The Morgan fingerprint density at radius 1 is 1.17 bits per heavy atom. The van der Waals surface area contributed by atoms with Crippen LogP contribution in [0.25, 0.3) is 0 Å². The van der Waals surface area contributed by atoms with Gasteiger partial charge >= 0.3 is 6.18 Å². The summed E-state index contributed by atoms with van der Waals surface area (Å²) in [4.78, 5) is 22.1. The van der Waals surface area contributed by atoms with Crippen LogP contribution in [0.3, 0.4) is 0 Å². The van der Waals surface area contributed by atoms with E-state index in [0.717, 1.165) is 31.5 Å². The molecule has 0 aliphatic carbocycles. The SMILES string of the molecule is N#Cc1ccc(CCNC(=O)C2CCCN2c2cc(NC3CCNCC3)nc(C(F)(F)F)n2)cc1. The Labute approximate surface area is 201 Å². The maximum Gasteiger partial charge on any atom is 0.451 e. The Kier molecular flexibility index (Phi) is 7.70. The molecule has 186 valence electrons. The van der Waals surface area contributed by atoms with E-state index in [9.17, 15) is 18.0 Å². The molecular weight excluding hydrogens is 459 g/mol. The molecule has 8 nitrogen and oxygen atoms in total. The van der Waals surface area contributed by atoms with Gasteiger partial charge in [-0.05, 0) is 62.9 Å². The number of rotatable bonds is 7. The second-order valence-electron chi connectivity index (χ2n) is 8.80. The van der Waals surface area contributed by atoms with Crippen LogP contribution >= 0.6 is 0 Å². The molecule has 2 aliphatic rings. The lowest BCUT2D eigenvalue weighted by molar-refractivity contribution is -0.144. The predicted molar refractivity (Wildman–Crippen MR) is 125 cm³/mol. The lowest BCUT2D eigenvalue weighted by atomic mass is 10.1. The molecule has 11 heteroatoms. The van der Waals surface area contributed by atoms with Crippen LogP contribution < -0.4 is 20.9 Å². The average Bonchev–Trinajstić information content (AvgIpc) is 3.35. The Hall–Kier alpha value is -3.39. The standard InChI is InChI=1S/C24H28F3N7O/c25-24(26,27)23-32-20(31-18-8-10-29-11-9-18)14-21(33-23)34-13-1-2-19(34)22(35)30-12-7-16-3-5-17(15-28)6-4-16/h3-6,14,18-19,29H,1-2,7-13H2,(H,30,35)(H,31,32,33). The first-order chi connectivity index (χ1) is 16.8. The van der Waals surface area contributed by atoms with E-state index in [-0.39, 0.29) is 23.6 Å². The third-order valence-corrected chi connectivity index (χ3v) is 6.30. The van der Waals surface area contributed by atoms with Crippen LogP contribution in [-0.2, 0) is 17.4 Å². The summed E-state index contributed by atoms with van der Waals surface area (Å²) in [6, 6.07) is 10.1. The molecule has 1 amide bonds. The van der Waals surface area contributed by atoms with E-state index in [4.69, 9.17) is 5.26 Å². The molecule has 2 aliphatic heterocycles. The molecule has 1 aromatic heterocycles. The van der Waals surface area contributed by atoms with Crippen molar-refractivity contribution >= 4 is 17.5 Å². The van der Waals surface area contributed by atoms with E-state index in [1.165, 1.54) is 6.07 Å². The van der Waals surface area contributed by atoms with Gasteiger partial charge in [-0.1, -0.05) is 12.1 Å². The fourth-order valence-corrected chi connectivity index (χ4v) is 4.46. The number of alkyl halides is 3. The number of hydrogen-bond donors (Lipinski definition) is 3. The first-order valence-corrected chi connectivity index (χ1v) is 11.8. The van der Waals surface area contributed by atoms with Gasteiger partial charge in [-0.3, -0.25) is 4.79 Å². The van der Waals surface area contributed by atoms with Crippen LogP contribution in [0.1, 0.15) is 42.6 Å².